The number of Topliss-reactive ketones (excluding diaryl/α,β-unsaturated/α-hetero) is 2. The van der Waals surface area contributed by atoms with Gasteiger partial charge in [0.05, 0.1) is 12.8 Å². The Hall–Kier alpha value is -3.00. The van der Waals surface area contributed by atoms with E-state index in [0.717, 1.165) is 12.8 Å². The van der Waals surface area contributed by atoms with Crippen molar-refractivity contribution in [3.8, 4) is 23.8 Å². The molecular weight excluding hydrogens is 342 g/mol. The molecular formula is C22H25NO4. The summed E-state index contributed by atoms with van der Waals surface area (Å²) < 4.78 is 10.9. The van der Waals surface area contributed by atoms with Crippen molar-refractivity contribution < 1.29 is 19.1 Å². The van der Waals surface area contributed by atoms with E-state index in [1.54, 1.807) is 44.4 Å². The van der Waals surface area contributed by atoms with Gasteiger partial charge in [-0.2, -0.15) is 0 Å². The van der Waals surface area contributed by atoms with Crippen molar-refractivity contribution in [1.29, 1.82) is 0 Å². The maximum Gasteiger partial charge on any atom is 0.227 e. The second-order valence-electron chi connectivity index (χ2n) is 6.18. The van der Waals surface area contributed by atoms with Crippen LogP contribution < -0.4 is 9.47 Å². The van der Waals surface area contributed by atoms with Gasteiger partial charge in [0.15, 0.2) is 11.5 Å². The second kappa shape index (κ2) is 9.63. The molecule has 1 aromatic carbocycles. The van der Waals surface area contributed by atoms with Gasteiger partial charge in [-0.15, -0.1) is 6.42 Å². The van der Waals surface area contributed by atoms with E-state index in [1.807, 2.05) is 4.90 Å². The number of carbonyl (C=O) groups excluding carboxylic acids is 2. The van der Waals surface area contributed by atoms with Crippen LogP contribution in [0.5, 0.6) is 11.5 Å². The molecule has 0 amide bonds. The highest BCUT2D eigenvalue weighted by Gasteiger charge is 2.31. The second-order valence-corrected chi connectivity index (χ2v) is 6.18. The zero-order valence-electron chi connectivity index (χ0n) is 15.9. The molecule has 5 nitrogen and oxygen atoms in total. The predicted octanol–water partition coefficient (Wildman–Crippen LogP) is 3.40. The predicted molar refractivity (Wildman–Crippen MR) is 105 cm³/mol. The average Bonchev–Trinajstić information content (AvgIpc) is 2.72. The molecule has 1 aliphatic rings. The third-order valence-corrected chi connectivity index (χ3v) is 4.55. The Morgan fingerprint density at radius 1 is 1.37 bits per heavy atom. The van der Waals surface area contributed by atoms with E-state index in [2.05, 4.69) is 12.5 Å². The number of terminal acetylenes is 1. The van der Waals surface area contributed by atoms with Crippen LogP contribution in [0.3, 0.4) is 0 Å². The summed E-state index contributed by atoms with van der Waals surface area (Å²) in [4.78, 5) is 27.2. The molecule has 0 radical (unpaired) electrons. The van der Waals surface area contributed by atoms with E-state index < -0.39 is 6.04 Å². The number of allylic oxidation sites excluding steroid dienone is 2. The maximum atomic E-state index is 13.2. The van der Waals surface area contributed by atoms with Crippen molar-refractivity contribution >= 4 is 11.6 Å². The number of hydrogen-bond acceptors (Lipinski definition) is 5. The molecule has 5 heteroatoms. The summed E-state index contributed by atoms with van der Waals surface area (Å²) in [6.45, 7) is 6.34. The van der Waals surface area contributed by atoms with Gasteiger partial charge in [-0.25, -0.2) is 0 Å². The zero-order chi connectivity index (χ0) is 19.8. The molecule has 142 valence electrons. The van der Waals surface area contributed by atoms with Gasteiger partial charge in [0.25, 0.3) is 0 Å². The lowest BCUT2D eigenvalue weighted by Gasteiger charge is -2.36. The first-order valence-electron chi connectivity index (χ1n) is 8.97. The fourth-order valence-corrected chi connectivity index (χ4v) is 3.24. The Morgan fingerprint density at radius 2 is 2.15 bits per heavy atom. The summed E-state index contributed by atoms with van der Waals surface area (Å²) in [7, 11) is 1.54. The minimum atomic E-state index is -0.450. The highest BCUT2D eigenvalue weighted by Crippen LogP contribution is 2.30. The molecule has 1 heterocycles. The van der Waals surface area contributed by atoms with Crippen LogP contribution in [-0.2, 0) is 4.79 Å². The van der Waals surface area contributed by atoms with Crippen molar-refractivity contribution in [3.05, 3.63) is 48.2 Å². The van der Waals surface area contributed by atoms with E-state index in [1.165, 1.54) is 0 Å². The molecule has 27 heavy (non-hydrogen) atoms. The number of ketones is 2. The molecule has 1 aromatic rings. The smallest absolute Gasteiger partial charge is 0.227 e. The minimum Gasteiger partial charge on any atom is -0.493 e. The van der Waals surface area contributed by atoms with Gasteiger partial charge in [0, 0.05) is 12.1 Å². The van der Waals surface area contributed by atoms with E-state index >= 15 is 0 Å². The van der Waals surface area contributed by atoms with Gasteiger partial charge in [-0.1, -0.05) is 18.7 Å². The summed E-state index contributed by atoms with van der Waals surface area (Å²) in [6.07, 6.45) is 11.2. The summed E-state index contributed by atoms with van der Waals surface area (Å²) in [5.74, 6) is 2.74. The Balaban J connectivity index is 2.34. The van der Waals surface area contributed by atoms with Crippen LogP contribution in [0.2, 0.25) is 0 Å². The van der Waals surface area contributed by atoms with Gasteiger partial charge >= 0.3 is 0 Å². The fourth-order valence-electron chi connectivity index (χ4n) is 3.24. The first-order chi connectivity index (χ1) is 13.1. The standard InChI is InChI=1S/C22H25NO4/c1-5-14-27-21-15-16(11-12-20(21)26-4)22(25)17(6-2)23-13-9-8-10-18(23)19(24)7-3/h3,5-6,11-12,15,18H,1,8-10,13-14H2,2,4H3/b17-6+. The Labute approximate surface area is 160 Å². The lowest BCUT2D eigenvalue weighted by molar-refractivity contribution is -0.118. The SMILES string of the molecule is C#CC(=O)C1CCCCN1/C(=C/C)C(=O)c1ccc(OC)c(OCC=C)c1. The molecule has 1 aliphatic heterocycles. The lowest BCUT2D eigenvalue weighted by Crippen LogP contribution is -2.45. The van der Waals surface area contributed by atoms with E-state index in [9.17, 15) is 9.59 Å². The fraction of sp³-hybridized carbons (Fsp3) is 0.364. The molecule has 1 atom stereocenters. The number of hydrogen-bond donors (Lipinski definition) is 0. The lowest BCUT2D eigenvalue weighted by atomic mass is 9.95. The zero-order valence-corrected chi connectivity index (χ0v) is 15.9. The Morgan fingerprint density at radius 3 is 2.78 bits per heavy atom. The summed E-state index contributed by atoms with van der Waals surface area (Å²) in [5.41, 5.74) is 0.934. The van der Waals surface area contributed by atoms with Gasteiger partial charge in [-0.3, -0.25) is 9.59 Å². The number of methoxy groups -OCH3 is 1. The van der Waals surface area contributed by atoms with Crippen molar-refractivity contribution in [2.24, 2.45) is 0 Å². The molecule has 2 rings (SSSR count). The highest BCUT2D eigenvalue weighted by molar-refractivity contribution is 6.09. The number of likely N-dealkylation sites (tertiary alicyclic amines) is 1. The van der Waals surface area contributed by atoms with E-state index in [0.29, 0.717) is 42.3 Å². The van der Waals surface area contributed by atoms with Gasteiger partial charge in [0.2, 0.25) is 11.6 Å². The van der Waals surface area contributed by atoms with Crippen LogP contribution in [0.25, 0.3) is 0 Å². The van der Waals surface area contributed by atoms with Crippen molar-refractivity contribution in [2.75, 3.05) is 20.3 Å². The Kier molecular flexibility index (Phi) is 7.25. The average molecular weight is 367 g/mol. The normalized spacial score (nSPS) is 17.0. The van der Waals surface area contributed by atoms with Gasteiger partial charge in [-0.05, 0) is 50.3 Å². The maximum absolute atomic E-state index is 13.2. The number of carbonyl (C=O) groups is 2. The monoisotopic (exact) mass is 367 g/mol. The molecule has 1 fully saturated rings. The van der Waals surface area contributed by atoms with Crippen LogP contribution >= 0.6 is 0 Å². The van der Waals surface area contributed by atoms with E-state index in [4.69, 9.17) is 15.9 Å². The molecule has 0 aliphatic carbocycles. The molecule has 0 bridgehead atoms. The molecule has 1 unspecified atom stereocenters. The highest BCUT2D eigenvalue weighted by atomic mass is 16.5. The van der Waals surface area contributed by atoms with Gasteiger partial charge in [0.1, 0.15) is 12.6 Å². The first-order valence-corrected chi connectivity index (χ1v) is 8.97. The van der Waals surface area contributed by atoms with Crippen molar-refractivity contribution in [3.63, 3.8) is 0 Å². The number of nitrogens with zero attached hydrogens (tertiary/aromatic N) is 1. The first kappa shape index (κ1) is 20.3. The molecule has 0 N–H and O–H groups in total. The molecule has 0 spiro atoms. The third-order valence-electron chi connectivity index (χ3n) is 4.55. The number of benzene rings is 1. The van der Waals surface area contributed by atoms with Crippen molar-refractivity contribution in [2.45, 2.75) is 32.2 Å². The molecule has 0 aromatic heterocycles. The van der Waals surface area contributed by atoms with Crippen LogP contribution in [0.1, 0.15) is 36.5 Å². The summed E-state index contributed by atoms with van der Waals surface area (Å²) >= 11 is 0. The van der Waals surface area contributed by atoms with Crippen LogP contribution in [-0.4, -0.2) is 42.8 Å². The summed E-state index contributed by atoms with van der Waals surface area (Å²) in [5, 5.41) is 0. The van der Waals surface area contributed by atoms with Gasteiger partial charge < -0.3 is 14.4 Å². The van der Waals surface area contributed by atoms with Crippen LogP contribution in [0, 0.1) is 12.3 Å². The Bertz CT molecular complexity index is 788. The van der Waals surface area contributed by atoms with E-state index in [-0.39, 0.29) is 11.6 Å². The minimum absolute atomic E-state index is 0.180. The number of piperidine rings is 1. The van der Waals surface area contributed by atoms with Crippen molar-refractivity contribution in [1.82, 2.24) is 4.90 Å². The quantitative estimate of drug-likeness (QED) is 0.232. The topological polar surface area (TPSA) is 55.8 Å². The third kappa shape index (κ3) is 4.59. The largest absolute Gasteiger partial charge is 0.493 e. The number of rotatable bonds is 8. The summed E-state index contributed by atoms with van der Waals surface area (Å²) in [6, 6.07) is 4.58. The molecule has 0 saturated carbocycles. The van der Waals surface area contributed by atoms with Crippen LogP contribution in [0.15, 0.2) is 42.6 Å². The molecule has 1 saturated heterocycles. The number of ether oxygens (including phenoxy) is 2. The van der Waals surface area contributed by atoms with Crippen LogP contribution in [0.4, 0.5) is 0 Å².